The number of ether oxygens (including phenoxy) is 3. The SMILES string of the molecule is CCOc1cc2c(cc1/C=C/C(=O)OCC(=O)NC(=O)c1cccs1)O[C@H](C)C2. The summed E-state index contributed by atoms with van der Waals surface area (Å²) >= 11 is 1.21. The minimum absolute atomic E-state index is 0.0964. The minimum atomic E-state index is -0.707. The molecule has 3 rings (SSSR count). The summed E-state index contributed by atoms with van der Waals surface area (Å²) in [5.41, 5.74) is 1.74. The van der Waals surface area contributed by atoms with E-state index < -0.39 is 24.4 Å². The van der Waals surface area contributed by atoms with Crippen LogP contribution in [0.4, 0.5) is 0 Å². The van der Waals surface area contributed by atoms with Crippen molar-refractivity contribution >= 4 is 35.2 Å². The number of esters is 1. The molecule has 1 atom stereocenters. The monoisotopic (exact) mass is 415 g/mol. The number of hydrogen-bond donors (Lipinski definition) is 1. The van der Waals surface area contributed by atoms with Crippen LogP contribution in [0.2, 0.25) is 0 Å². The number of thiophene rings is 1. The first-order valence-corrected chi connectivity index (χ1v) is 10.0. The fourth-order valence-electron chi connectivity index (χ4n) is 2.84. The van der Waals surface area contributed by atoms with Crippen LogP contribution in [0.3, 0.4) is 0 Å². The van der Waals surface area contributed by atoms with Gasteiger partial charge in [0, 0.05) is 23.6 Å². The standard InChI is InChI=1S/C21H21NO6S/c1-3-26-16-11-15-9-13(2)28-17(15)10-14(16)6-7-20(24)27-12-19(23)22-21(25)18-5-4-8-29-18/h4-8,10-11,13H,3,9,12H2,1-2H3,(H,22,23,25)/b7-6+/t13-/m1/s1. The molecule has 2 aromatic rings. The molecule has 0 fully saturated rings. The fraction of sp³-hybridized carbons (Fsp3) is 0.286. The zero-order valence-corrected chi connectivity index (χ0v) is 16.9. The van der Waals surface area contributed by atoms with E-state index in [1.807, 2.05) is 26.0 Å². The van der Waals surface area contributed by atoms with Crippen LogP contribution in [0.5, 0.6) is 11.5 Å². The number of hydrogen-bond acceptors (Lipinski definition) is 7. The van der Waals surface area contributed by atoms with Crippen LogP contribution >= 0.6 is 11.3 Å². The van der Waals surface area contributed by atoms with Gasteiger partial charge in [-0.3, -0.25) is 14.9 Å². The molecule has 0 radical (unpaired) electrons. The van der Waals surface area contributed by atoms with Crippen molar-refractivity contribution in [3.05, 3.63) is 51.7 Å². The van der Waals surface area contributed by atoms with E-state index in [0.717, 1.165) is 17.7 Å². The maximum atomic E-state index is 11.9. The molecular weight excluding hydrogens is 394 g/mol. The molecule has 1 aromatic heterocycles. The highest BCUT2D eigenvalue weighted by Gasteiger charge is 2.21. The third-order valence-corrected chi connectivity index (χ3v) is 4.94. The lowest BCUT2D eigenvalue weighted by molar-refractivity contribution is -0.143. The number of fused-ring (bicyclic) bond motifs is 1. The normalized spacial score (nSPS) is 14.9. The molecule has 0 saturated carbocycles. The van der Waals surface area contributed by atoms with Crippen molar-refractivity contribution in [2.24, 2.45) is 0 Å². The van der Waals surface area contributed by atoms with Gasteiger partial charge in [-0.25, -0.2) is 4.79 Å². The van der Waals surface area contributed by atoms with Crippen molar-refractivity contribution in [1.29, 1.82) is 0 Å². The zero-order chi connectivity index (χ0) is 20.8. The lowest BCUT2D eigenvalue weighted by atomic mass is 10.1. The van der Waals surface area contributed by atoms with Gasteiger partial charge in [-0.05, 0) is 43.5 Å². The molecule has 152 valence electrons. The van der Waals surface area contributed by atoms with Crippen molar-refractivity contribution in [1.82, 2.24) is 5.32 Å². The van der Waals surface area contributed by atoms with Crippen molar-refractivity contribution in [2.75, 3.05) is 13.2 Å². The van der Waals surface area contributed by atoms with E-state index in [4.69, 9.17) is 14.2 Å². The van der Waals surface area contributed by atoms with Gasteiger partial charge in [0.2, 0.25) is 0 Å². The van der Waals surface area contributed by atoms with Crippen molar-refractivity contribution in [3.8, 4) is 11.5 Å². The molecule has 2 amide bonds. The van der Waals surface area contributed by atoms with E-state index >= 15 is 0 Å². The highest BCUT2D eigenvalue weighted by Crippen LogP contribution is 2.35. The van der Waals surface area contributed by atoms with Gasteiger partial charge in [0.15, 0.2) is 6.61 Å². The summed E-state index contributed by atoms with van der Waals surface area (Å²) in [6.45, 7) is 3.80. The van der Waals surface area contributed by atoms with E-state index in [9.17, 15) is 14.4 Å². The third-order valence-electron chi connectivity index (χ3n) is 4.07. The number of benzene rings is 1. The first kappa shape index (κ1) is 20.6. The molecule has 0 spiro atoms. The topological polar surface area (TPSA) is 90.9 Å². The Kier molecular flexibility index (Phi) is 6.66. The number of imide groups is 1. The first-order valence-electron chi connectivity index (χ1n) is 9.15. The summed E-state index contributed by atoms with van der Waals surface area (Å²) in [5, 5.41) is 3.89. The van der Waals surface area contributed by atoms with Crippen LogP contribution in [0, 0.1) is 0 Å². The van der Waals surface area contributed by atoms with Crippen LogP contribution < -0.4 is 14.8 Å². The van der Waals surface area contributed by atoms with Crippen LogP contribution in [0.15, 0.2) is 35.7 Å². The molecule has 0 saturated heterocycles. The van der Waals surface area contributed by atoms with Crippen LogP contribution in [0.25, 0.3) is 6.08 Å². The molecule has 2 heterocycles. The van der Waals surface area contributed by atoms with Gasteiger partial charge in [0.05, 0.1) is 11.5 Å². The summed E-state index contributed by atoms with van der Waals surface area (Å²) in [5.74, 6) is -0.515. The quantitative estimate of drug-likeness (QED) is 0.552. The Bertz CT molecular complexity index is 935. The van der Waals surface area contributed by atoms with E-state index in [2.05, 4.69) is 5.32 Å². The first-order chi connectivity index (χ1) is 14.0. The molecular formula is C21H21NO6S. The van der Waals surface area contributed by atoms with Crippen molar-refractivity contribution in [2.45, 2.75) is 26.4 Å². The predicted octanol–water partition coefficient (Wildman–Crippen LogP) is 2.98. The van der Waals surface area contributed by atoms with Crippen molar-refractivity contribution in [3.63, 3.8) is 0 Å². The van der Waals surface area contributed by atoms with Crippen LogP contribution in [-0.4, -0.2) is 37.1 Å². The second-order valence-corrected chi connectivity index (χ2v) is 7.31. The largest absolute Gasteiger partial charge is 0.493 e. The molecule has 7 nitrogen and oxygen atoms in total. The molecule has 8 heteroatoms. The third kappa shape index (κ3) is 5.45. The van der Waals surface area contributed by atoms with Gasteiger partial charge >= 0.3 is 5.97 Å². The number of amides is 2. The van der Waals surface area contributed by atoms with Gasteiger partial charge in [0.1, 0.15) is 17.6 Å². The van der Waals surface area contributed by atoms with Crippen molar-refractivity contribution < 1.29 is 28.6 Å². The maximum Gasteiger partial charge on any atom is 0.331 e. The van der Waals surface area contributed by atoms with E-state index in [-0.39, 0.29) is 6.10 Å². The Hall–Kier alpha value is -3.13. The Morgan fingerprint density at radius 2 is 2.17 bits per heavy atom. The lowest BCUT2D eigenvalue weighted by Crippen LogP contribution is -2.33. The summed E-state index contributed by atoms with van der Waals surface area (Å²) in [6, 6.07) is 7.03. The molecule has 1 aliphatic heterocycles. The number of nitrogens with one attached hydrogen (secondary N) is 1. The second kappa shape index (κ2) is 9.38. The highest BCUT2D eigenvalue weighted by molar-refractivity contribution is 7.12. The molecule has 0 unspecified atom stereocenters. The summed E-state index contributed by atoms with van der Waals surface area (Å²) in [4.78, 5) is 35.9. The number of rotatable bonds is 7. The Morgan fingerprint density at radius 1 is 1.34 bits per heavy atom. The molecule has 0 aliphatic carbocycles. The van der Waals surface area contributed by atoms with Crippen LogP contribution in [0.1, 0.15) is 34.6 Å². The molecule has 1 aliphatic rings. The van der Waals surface area contributed by atoms with Gasteiger partial charge in [-0.15, -0.1) is 11.3 Å². The summed E-state index contributed by atoms with van der Waals surface area (Å²) in [6.07, 6.45) is 3.66. The Morgan fingerprint density at radius 3 is 2.90 bits per heavy atom. The van der Waals surface area contributed by atoms with Crippen LogP contribution in [-0.2, 0) is 20.7 Å². The minimum Gasteiger partial charge on any atom is -0.493 e. The molecule has 1 N–H and O–H groups in total. The van der Waals surface area contributed by atoms with E-state index in [1.54, 1.807) is 23.6 Å². The molecule has 29 heavy (non-hydrogen) atoms. The van der Waals surface area contributed by atoms with Gasteiger partial charge in [-0.1, -0.05) is 6.07 Å². The number of carbonyl (C=O) groups excluding carboxylic acids is 3. The summed E-state index contributed by atoms with van der Waals surface area (Å²) < 4.78 is 16.3. The average molecular weight is 415 g/mol. The Balaban J connectivity index is 1.57. The predicted molar refractivity (Wildman–Crippen MR) is 108 cm³/mol. The summed E-state index contributed by atoms with van der Waals surface area (Å²) in [7, 11) is 0. The van der Waals surface area contributed by atoms with Gasteiger partial charge in [0.25, 0.3) is 11.8 Å². The van der Waals surface area contributed by atoms with Gasteiger partial charge in [-0.2, -0.15) is 0 Å². The van der Waals surface area contributed by atoms with Gasteiger partial charge < -0.3 is 14.2 Å². The second-order valence-electron chi connectivity index (χ2n) is 6.36. The molecule has 1 aromatic carbocycles. The maximum absolute atomic E-state index is 11.9. The van der Waals surface area contributed by atoms with E-state index in [0.29, 0.717) is 22.8 Å². The Labute approximate surface area is 172 Å². The average Bonchev–Trinajstić information content (AvgIpc) is 3.33. The molecule has 0 bridgehead atoms. The zero-order valence-electron chi connectivity index (χ0n) is 16.1. The highest BCUT2D eigenvalue weighted by atomic mass is 32.1. The smallest absolute Gasteiger partial charge is 0.331 e. The van der Waals surface area contributed by atoms with E-state index in [1.165, 1.54) is 17.4 Å². The lowest BCUT2D eigenvalue weighted by Gasteiger charge is -2.10. The number of carbonyl (C=O) groups is 3. The fourth-order valence-corrected chi connectivity index (χ4v) is 3.46.